The Morgan fingerprint density at radius 3 is 2.40 bits per heavy atom. The summed E-state index contributed by atoms with van der Waals surface area (Å²) in [5.41, 5.74) is 2.19. The topological polar surface area (TPSA) is 41.6 Å². The number of ether oxygens (including phenoxy) is 1. The number of amides is 1. The Balaban J connectivity index is 0.00000225. The fourth-order valence-corrected chi connectivity index (χ4v) is 2.96. The zero-order valence-corrected chi connectivity index (χ0v) is 15.1. The highest BCUT2D eigenvalue weighted by Gasteiger charge is 2.22. The van der Waals surface area contributed by atoms with Gasteiger partial charge in [-0.1, -0.05) is 48.5 Å². The number of para-hydroxylation sites is 1. The van der Waals surface area contributed by atoms with Gasteiger partial charge >= 0.3 is 0 Å². The summed E-state index contributed by atoms with van der Waals surface area (Å²) in [6.07, 6.45) is 1.31. The maximum absolute atomic E-state index is 12.9. The highest BCUT2D eigenvalue weighted by atomic mass is 35.5. The van der Waals surface area contributed by atoms with Crippen LogP contribution in [0.5, 0.6) is 0 Å². The average Bonchev–Trinajstić information content (AvgIpc) is 2.64. The van der Waals surface area contributed by atoms with Crippen LogP contribution in [0, 0.1) is 0 Å². The van der Waals surface area contributed by atoms with Gasteiger partial charge in [-0.3, -0.25) is 4.79 Å². The van der Waals surface area contributed by atoms with E-state index in [2.05, 4.69) is 17.4 Å². The van der Waals surface area contributed by atoms with E-state index in [1.807, 2.05) is 53.4 Å². The van der Waals surface area contributed by atoms with E-state index in [1.165, 1.54) is 5.56 Å². The van der Waals surface area contributed by atoms with Crippen LogP contribution in [0.25, 0.3) is 0 Å². The fraction of sp³-hybridized carbons (Fsp3) is 0.350. The number of halogens is 1. The lowest BCUT2D eigenvalue weighted by Crippen LogP contribution is -2.45. The number of nitrogens with zero attached hydrogens (tertiary/aromatic N) is 1. The number of hydrogen-bond acceptors (Lipinski definition) is 3. The molecule has 3 rings (SSSR count). The van der Waals surface area contributed by atoms with Crippen molar-refractivity contribution in [2.45, 2.75) is 18.9 Å². The number of morpholine rings is 1. The van der Waals surface area contributed by atoms with E-state index in [9.17, 15) is 4.79 Å². The molecule has 1 heterocycles. The smallest absolute Gasteiger partial charge is 0.228 e. The summed E-state index contributed by atoms with van der Waals surface area (Å²) in [6, 6.07) is 20.3. The number of benzene rings is 2. The van der Waals surface area contributed by atoms with Crippen LogP contribution in [0.4, 0.5) is 5.69 Å². The van der Waals surface area contributed by atoms with Gasteiger partial charge in [0.2, 0.25) is 5.91 Å². The van der Waals surface area contributed by atoms with Crippen LogP contribution in [-0.2, 0) is 16.0 Å². The van der Waals surface area contributed by atoms with Gasteiger partial charge in [-0.2, -0.15) is 0 Å². The van der Waals surface area contributed by atoms with E-state index in [0.29, 0.717) is 19.6 Å². The van der Waals surface area contributed by atoms with Gasteiger partial charge in [0, 0.05) is 31.2 Å². The molecule has 25 heavy (non-hydrogen) atoms. The second kappa shape index (κ2) is 10.2. The molecule has 1 unspecified atom stereocenters. The molecule has 1 N–H and O–H groups in total. The Labute approximate surface area is 155 Å². The summed E-state index contributed by atoms with van der Waals surface area (Å²) < 4.78 is 5.46. The predicted octanol–water partition coefficient (Wildman–Crippen LogP) is 3.06. The maximum Gasteiger partial charge on any atom is 0.228 e. The second-order valence-electron chi connectivity index (χ2n) is 6.05. The molecule has 1 aliphatic heterocycles. The van der Waals surface area contributed by atoms with Crippen molar-refractivity contribution in [1.82, 2.24) is 5.32 Å². The van der Waals surface area contributed by atoms with Crippen LogP contribution in [0.3, 0.4) is 0 Å². The molecule has 1 atom stereocenters. The molecule has 0 radical (unpaired) electrons. The molecule has 0 saturated carbocycles. The molecule has 5 heteroatoms. The molecule has 2 aromatic rings. The molecule has 1 fully saturated rings. The third-order valence-electron chi connectivity index (χ3n) is 4.26. The number of carbonyl (C=O) groups is 1. The minimum absolute atomic E-state index is 0. The summed E-state index contributed by atoms with van der Waals surface area (Å²) in [6.45, 7) is 2.82. The lowest BCUT2D eigenvalue weighted by molar-refractivity contribution is -0.119. The normalized spacial score (nSPS) is 16.7. The number of anilines is 1. The molecule has 2 aromatic carbocycles. The van der Waals surface area contributed by atoms with Gasteiger partial charge in [-0.25, -0.2) is 0 Å². The monoisotopic (exact) mass is 360 g/mol. The van der Waals surface area contributed by atoms with E-state index >= 15 is 0 Å². The van der Waals surface area contributed by atoms with E-state index in [1.54, 1.807) is 0 Å². The zero-order valence-electron chi connectivity index (χ0n) is 14.3. The Kier molecular flexibility index (Phi) is 7.92. The maximum atomic E-state index is 12.9. The second-order valence-corrected chi connectivity index (χ2v) is 6.05. The van der Waals surface area contributed by atoms with Crippen molar-refractivity contribution in [3.63, 3.8) is 0 Å². The quantitative estimate of drug-likeness (QED) is 0.860. The van der Waals surface area contributed by atoms with Crippen LogP contribution in [0.1, 0.15) is 12.0 Å². The van der Waals surface area contributed by atoms with Crippen molar-refractivity contribution < 1.29 is 9.53 Å². The zero-order chi connectivity index (χ0) is 16.6. The van der Waals surface area contributed by atoms with Crippen molar-refractivity contribution >= 4 is 24.0 Å². The highest BCUT2D eigenvalue weighted by Crippen LogP contribution is 2.17. The van der Waals surface area contributed by atoms with Gasteiger partial charge in [0.15, 0.2) is 0 Å². The van der Waals surface area contributed by atoms with Gasteiger partial charge in [0.05, 0.1) is 13.2 Å². The van der Waals surface area contributed by atoms with Crippen molar-refractivity contribution in [2.24, 2.45) is 0 Å². The molecule has 0 bridgehead atoms. The number of nitrogens with one attached hydrogen (secondary N) is 1. The molecule has 1 amide bonds. The van der Waals surface area contributed by atoms with E-state index in [0.717, 1.165) is 25.3 Å². The van der Waals surface area contributed by atoms with Gasteiger partial charge in [0.25, 0.3) is 0 Å². The van der Waals surface area contributed by atoms with Gasteiger partial charge in [0.1, 0.15) is 0 Å². The minimum Gasteiger partial charge on any atom is -0.378 e. The van der Waals surface area contributed by atoms with Crippen LogP contribution in [0.15, 0.2) is 60.7 Å². The molecule has 134 valence electrons. The summed E-state index contributed by atoms with van der Waals surface area (Å²) in [5.74, 6) is 0.139. The molecule has 0 aromatic heterocycles. The lowest BCUT2D eigenvalue weighted by Gasteiger charge is -2.28. The van der Waals surface area contributed by atoms with Crippen molar-refractivity contribution in [2.75, 3.05) is 31.2 Å². The third-order valence-corrected chi connectivity index (χ3v) is 4.26. The largest absolute Gasteiger partial charge is 0.378 e. The first-order valence-electron chi connectivity index (χ1n) is 8.53. The Hall–Kier alpha value is -1.88. The molecular formula is C20H25ClN2O2. The minimum atomic E-state index is 0. The Bertz CT molecular complexity index is 631. The number of rotatable bonds is 6. The van der Waals surface area contributed by atoms with Crippen molar-refractivity contribution in [3.8, 4) is 0 Å². The first-order valence-corrected chi connectivity index (χ1v) is 8.53. The van der Waals surface area contributed by atoms with Crippen LogP contribution in [-0.4, -0.2) is 38.3 Å². The summed E-state index contributed by atoms with van der Waals surface area (Å²) >= 11 is 0. The molecular weight excluding hydrogens is 336 g/mol. The van der Waals surface area contributed by atoms with E-state index < -0.39 is 0 Å². The third kappa shape index (κ3) is 5.85. The van der Waals surface area contributed by atoms with Crippen LogP contribution >= 0.6 is 12.4 Å². The summed E-state index contributed by atoms with van der Waals surface area (Å²) in [7, 11) is 0. The SMILES string of the molecule is Cl.O=C(CC1COCCN1)N(CCc1ccccc1)c1ccccc1. The van der Waals surface area contributed by atoms with Gasteiger partial charge < -0.3 is 15.0 Å². The molecule has 0 aliphatic carbocycles. The molecule has 1 aliphatic rings. The average molecular weight is 361 g/mol. The van der Waals surface area contributed by atoms with Crippen LogP contribution < -0.4 is 10.2 Å². The summed E-state index contributed by atoms with van der Waals surface area (Å²) in [4.78, 5) is 14.8. The number of hydrogen-bond donors (Lipinski definition) is 1. The molecule has 4 nitrogen and oxygen atoms in total. The van der Waals surface area contributed by atoms with E-state index in [4.69, 9.17) is 4.74 Å². The molecule has 1 saturated heterocycles. The first-order chi connectivity index (χ1) is 11.8. The van der Waals surface area contributed by atoms with Crippen molar-refractivity contribution in [3.05, 3.63) is 66.2 Å². The first kappa shape index (κ1) is 19.4. The Morgan fingerprint density at radius 1 is 1.08 bits per heavy atom. The van der Waals surface area contributed by atoms with Gasteiger partial charge in [-0.15, -0.1) is 12.4 Å². The Morgan fingerprint density at radius 2 is 1.76 bits per heavy atom. The fourth-order valence-electron chi connectivity index (χ4n) is 2.96. The van der Waals surface area contributed by atoms with Gasteiger partial charge in [-0.05, 0) is 24.1 Å². The highest BCUT2D eigenvalue weighted by molar-refractivity contribution is 5.93. The predicted molar refractivity (Wildman–Crippen MR) is 103 cm³/mol. The molecule has 0 spiro atoms. The van der Waals surface area contributed by atoms with Crippen molar-refractivity contribution in [1.29, 1.82) is 0 Å². The van der Waals surface area contributed by atoms with Crippen LogP contribution in [0.2, 0.25) is 0 Å². The number of carbonyl (C=O) groups excluding carboxylic acids is 1. The lowest BCUT2D eigenvalue weighted by atomic mass is 10.1. The van der Waals surface area contributed by atoms with E-state index in [-0.39, 0.29) is 24.4 Å². The summed E-state index contributed by atoms with van der Waals surface area (Å²) in [5, 5.41) is 3.36. The standard InChI is InChI=1S/C20H24N2O2.ClH/c23-20(15-18-16-24-14-12-21-18)22(19-9-5-2-6-10-19)13-11-17-7-3-1-4-8-17;/h1-10,18,21H,11-16H2;1H.